The molecular weight excluding hydrogens is 354 g/mol. The number of rotatable bonds is 4. The van der Waals surface area contributed by atoms with Crippen molar-refractivity contribution >= 4 is 28.3 Å². The molecule has 140 valence electrons. The number of carbonyl (C=O) groups is 1. The molecule has 4 aromatic heterocycles. The fourth-order valence-electron chi connectivity index (χ4n) is 3.06. The van der Waals surface area contributed by atoms with Crippen LogP contribution in [0.2, 0.25) is 0 Å². The van der Waals surface area contributed by atoms with Crippen LogP contribution in [0.25, 0.3) is 22.0 Å². The lowest BCUT2D eigenvalue weighted by Crippen LogP contribution is -2.13. The van der Waals surface area contributed by atoms with E-state index in [4.69, 9.17) is 5.73 Å². The molecule has 0 aliphatic heterocycles. The maximum absolute atomic E-state index is 12.3. The summed E-state index contributed by atoms with van der Waals surface area (Å²) in [7, 11) is 0. The highest BCUT2D eigenvalue weighted by Gasteiger charge is 2.13. The number of nitrogens with zero attached hydrogens (tertiary/aromatic N) is 4. The second-order valence-electron chi connectivity index (χ2n) is 6.46. The summed E-state index contributed by atoms with van der Waals surface area (Å²) >= 11 is 0. The lowest BCUT2D eigenvalue weighted by Gasteiger charge is -2.10. The van der Waals surface area contributed by atoms with E-state index in [2.05, 4.69) is 37.4 Å². The smallest absolute Gasteiger partial charge is 0.277 e. The van der Waals surface area contributed by atoms with E-state index >= 15 is 0 Å². The molecule has 1 amide bonds. The van der Waals surface area contributed by atoms with Gasteiger partial charge in [-0.2, -0.15) is 5.10 Å². The molecule has 4 N–H and O–H groups in total. The van der Waals surface area contributed by atoms with Crippen molar-refractivity contribution in [1.29, 1.82) is 0 Å². The van der Waals surface area contributed by atoms with E-state index in [0.717, 1.165) is 39.7 Å². The third-order valence-electron chi connectivity index (χ3n) is 4.49. The average molecular weight is 373 g/mol. The van der Waals surface area contributed by atoms with E-state index in [0.29, 0.717) is 17.3 Å². The van der Waals surface area contributed by atoms with Gasteiger partial charge in [0.1, 0.15) is 11.6 Å². The van der Waals surface area contributed by atoms with E-state index in [-0.39, 0.29) is 5.91 Å². The summed E-state index contributed by atoms with van der Waals surface area (Å²) in [4.78, 5) is 25.3. The molecular formula is C20H19N7O. The van der Waals surface area contributed by atoms with Crippen molar-refractivity contribution in [2.24, 2.45) is 0 Å². The zero-order chi connectivity index (χ0) is 19.7. The number of aryl methyl sites for hydroxylation is 2. The van der Waals surface area contributed by atoms with Crippen molar-refractivity contribution in [1.82, 2.24) is 25.1 Å². The topological polar surface area (TPSA) is 122 Å². The Balaban J connectivity index is 1.73. The Kier molecular flexibility index (Phi) is 4.44. The van der Waals surface area contributed by atoms with E-state index < -0.39 is 0 Å². The number of amides is 1. The van der Waals surface area contributed by atoms with Gasteiger partial charge in [0.2, 0.25) is 0 Å². The summed E-state index contributed by atoms with van der Waals surface area (Å²) in [5.74, 6) is 0.460. The van der Waals surface area contributed by atoms with Gasteiger partial charge in [-0.05, 0) is 48.6 Å². The number of aromatic amines is 1. The van der Waals surface area contributed by atoms with Crippen LogP contribution in [0.1, 0.15) is 28.7 Å². The minimum absolute atomic E-state index is 0.303. The SMILES string of the molecule is CCc1ccncc1-c1cc2cc(NC(=O)c3cc(C)[nH]n3)ncc2c(N)n1. The quantitative estimate of drug-likeness (QED) is 0.505. The lowest BCUT2D eigenvalue weighted by molar-refractivity contribution is 0.102. The predicted molar refractivity (Wildman–Crippen MR) is 108 cm³/mol. The fourth-order valence-corrected chi connectivity index (χ4v) is 3.06. The number of carbonyl (C=O) groups excluding carboxylic acids is 1. The van der Waals surface area contributed by atoms with Crippen molar-refractivity contribution in [2.75, 3.05) is 11.1 Å². The van der Waals surface area contributed by atoms with E-state index in [9.17, 15) is 4.79 Å². The van der Waals surface area contributed by atoms with Crippen molar-refractivity contribution in [3.63, 3.8) is 0 Å². The van der Waals surface area contributed by atoms with Gasteiger partial charge >= 0.3 is 0 Å². The number of pyridine rings is 3. The number of nitrogen functional groups attached to an aromatic ring is 1. The molecule has 0 atom stereocenters. The van der Waals surface area contributed by atoms with E-state index in [1.54, 1.807) is 30.7 Å². The van der Waals surface area contributed by atoms with Crippen LogP contribution in [0.4, 0.5) is 11.6 Å². The molecule has 4 aromatic rings. The maximum atomic E-state index is 12.3. The summed E-state index contributed by atoms with van der Waals surface area (Å²) < 4.78 is 0. The Morgan fingerprint density at radius 2 is 2.11 bits per heavy atom. The monoisotopic (exact) mass is 373 g/mol. The van der Waals surface area contributed by atoms with Gasteiger partial charge < -0.3 is 11.1 Å². The molecule has 28 heavy (non-hydrogen) atoms. The molecule has 0 fully saturated rings. The maximum Gasteiger partial charge on any atom is 0.277 e. The van der Waals surface area contributed by atoms with Gasteiger partial charge in [-0.25, -0.2) is 9.97 Å². The lowest BCUT2D eigenvalue weighted by atomic mass is 10.0. The average Bonchev–Trinajstić information content (AvgIpc) is 3.14. The Hall–Kier alpha value is -3.81. The second kappa shape index (κ2) is 7.07. The number of nitrogens with two attached hydrogens (primary N) is 1. The second-order valence-corrected chi connectivity index (χ2v) is 6.46. The molecule has 0 radical (unpaired) electrons. The molecule has 0 unspecified atom stereocenters. The molecule has 0 saturated heterocycles. The summed E-state index contributed by atoms with van der Waals surface area (Å²) in [6.45, 7) is 3.91. The van der Waals surface area contributed by atoms with Crippen LogP contribution in [-0.4, -0.2) is 31.1 Å². The Morgan fingerprint density at radius 1 is 1.25 bits per heavy atom. The number of H-pyrrole nitrogens is 1. The zero-order valence-corrected chi connectivity index (χ0v) is 15.5. The van der Waals surface area contributed by atoms with Crippen LogP contribution in [-0.2, 0) is 6.42 Å². The van der Waals surface area contributed by atoms with Gasteiger partial charge in [0.05, 0.1) is 5.69 Å². The fraction of sp³-hybridized carbons (Fsp3) is 0.150. The minimum Gasteiger partial charge on any atom is -0.383 e. The third-order valence-corrected chi connectivity index (χ3v) is 4.49. The first-order chi connectivity index (χ1) is 13.5. The summed E-state index contributed by atoms with van der Waals surface area (Å²) in [6, 6.07) is 7.35. The van der Waals surface area contributed by atoms with Crippen LogP contribution in [0.3, 0.4) is 0 Å². The van der Waals surface area contributed by atoms with E-state index in [1.165, 1.54) is 0 Å². The molecule has 0 spiro atoms. The van der Waals surface area contributed by atoms with Gasteiger partial charge in [0.15, 0.2) is 5.69 Å². The Bertz CT molecular complexity index is 1180. The van der Waals surface area contributed by atoms with Crippen LogP contribution < -0.4 is 11.1 Å². The number of anilines is 2. The van der Waals surface area contributed by atoms with Crippen molar-refractivity contribution < 1.29 is 4.79 Å². The van der Waals surface area contributed by atoms with Crippen LogP contribution in [0, 0.1) is 6.92 Å². The van der Waals surface area contributed by atoms with Gasteiger partial charge in [0.25, 0.3) is 5.91 Å². The van der Waals surface area contributed by atoms with Crippen molar-refractivity contribution in [3.05, 3.63) is 59.8 Å². The molecule has 4 heterocycles. The number of hydrogen-bond donors (Lipinski definition) is 3. The van der Waals surface area contributed by atoms with Gasteiger partial charge in [-0.15, -0.1) is 0 Å². The Labute approximate surface area is 161 Å². The summed E-state index contributed by atoms with van der Waals surface area (Å²) in [5.41, 5.74) is 10.1. The largest absolute Gasteiger partial charge is 0.383 e. The zero-order valence-electron chi connectivity index (χ0n) is 15.5. The highest BCUT2D eigenvalue weighted by molar-refractivity contribution is 6.04. The molecule has 0 saturated carbocycles. The van der Waals surface area contributed by atoms with Crippen molar-refractivity contribution in [2.45, 2.75) is 20.3 Å². The van der Waals surface area contributed by atoms with Crippen molar-refractivity contribution in [3.8, 4) is 11.3 Å². The highest BCUT2D eigenvalue weighted by Crippen LogP contribution is 2.29. The van der Waals surface area contributed by atoms with E-state index in [1.807, 2.05) is 19.1 Å². The number of hydrogen-bond acceptors (Lipinski definition) is 6. The standard InChI is InChI=1S/C20H19N7O/c1-3-12-4-5-22-9-14(12)16-7-13-8-18(23-10-15(13)19(21)24-16)25-20(28)17-6-11(2)26-27-17/h4-10H,3H2,1-2H3,(H2,21,24)(H,26,27)(H,23,25,28). The van der Waals surface area contributed by atoms with Crippen LogP contribution in [0.5, 0.6) is 0 Å². The molecule has 0 aliphatic carbocycles. The first kappa shape index (κ1) is 17.6. The number of nitrogens with one attached hydrogen (secondary N) is 2. The van der Waals surface area contributed by atoms with Gasteiger partial charge in [-0.3, -0.25) is 14.9 Å². The normalized spacial score (nSPS) is 10.9. The first-order valence-electron chi connectivity index (χ1n) is 8.88. The number of fused-ring (bicyclic) bond motifs is 1. The van der Waals surface area contributed by atoms with Gasteiger partial charge in [0, 0.05) is 35.2 Å². The Morgan fingerprint density at radius 3 is 2.86 bits per heavy atom. The summed E-state index contributed by atoms with van der Waals surface area (Å²) in [6.07, 6.45) is 6.02. The molecule has 8 nitrogen and oxygen atoms in total. The van der Waals surface area contributed by atoms with Crippen LogP contribution >= 0.6 is 0 Å². The minimum atomic E-state index is -0.334. The molecule has 0 bridgehead atoms. The number of aromatic nitrogens is 5. The molecule has 0 aromatic carbocycles. The van der Waals surface area contributed by atoms with Crippen LogP contribution in [0.15, 0.2) is 42.9 Å². The highest BCUT2D eigenvalue weighted by atomic mass is 16.2. The predicted octanol–water partition coefficient (Wildman–Crippen LogP) is 3.12. The van der Waals surface area contributed by atoms with Gasteiger partial charge in [-0.1, -0.05) is 6.92 Å². The first-order valence-corrected chi connectivity index (χ1v) is 8.88. The third kappa shape index (κ3) is 3.27. The summed E-state index contributed by atoms with van der Waals surface area (Å²) in [5, 5.41) is 11.0. The molecule has 4 rings (SSSR count). The molecule has 8 heteroatoms. The molecule has 0 aliphatic rings.